The third-order valence-corrected chi connectivity index (χ3v) is 4.44. The van der Waals surface area contributed by atoms with Gasteiger partial charge in [0.1, 0.15) is 6.61 Å². The Morgan fingerprint density at radius 1 is 1.26 bits per heavy atom. The monoisotopic (exact) mass is 383 g/mol. The fourth-order valence-electron chi connectivity index (χ4n) is 2.52. The van der Waals surface area contributed by atoms with Gasteiger partial charge in [0.2, 0.25) is 0 Å². The number of carbonyl (C=O) groups is 2. The topological polar surface area (TPSA) is 74.2 Å². The number of rotatable bonds is 7. The predicted octanol–water partition coefficient (Wildman–Crippen LogP) is 2.54. The van der Waals surface area contributed by atoms with Crippen molar-refractivity contribution in [1.29, 1.82) is 0 Å². The van der Waals surface area contributed by atoms with Gasteiger partial charge in [0.15, 0.2) is 5.41 Å². The van der Waals surface area contributed by atoms with Crippen LogP contribution >= 0.6 is 15.9 Å². The molecule has 0 aromatic heterocycles. The summed E-state index contributed by atoms with van der Waals surface area (Å²) < 4.78 is 10.4. The number of esters is 2. The summed E-state index contributed by atoms with van der Waals surface area (Å²) in [5.74, 6) is -1.23. The van der Waals surface area contributed by atoms with E-state index >= 15 is 0 Å². The van der Waals surface area contributed by atoms with E-state index in [0.717, 1.165) is 10.0 Å². The Hall–Kier alpha value is -1.89. The van der Waals surface area contributed by atoms with Gasteiger partial charge in [-0.05, 0) is 36.5 Å². The van der Waals surface area contributed by atoms with Gasteiger partial charge >= 0.3 is 11.9 Å². The molecule has 0 radical (unpaired) electrons. The fourth-order valence-corrected chi connectivity index (χ4v) is 2.78. The Morgan fingerprint density at radius 2 is 1.87 bits per heavy atom. The molecular weight excluding hydrogens is 366 g/mol. The highest BCUT2D eigenvalue weighted by molar-refractivity contribution is 9.10. The van der Waals surface area contributed by atoms with Crippen LogP contribution in [-0.2, 0) is 23.9 Å². The molecule has 0 spiro atoms. The summed E-state index contributed by atoms with van der Waals surface area (Å²) in [6.45, 7) is 0.313. The Labute approximate surface area is 142 Å². The average molecular weight is 384 g/mol. The average Bonchev–Trinajstić information content (AvgIpc) is 3.30. The van der Waals surface area contributed by atoms with Gasteiger partial charge in [-0.25, -0.2) is 0 Å². The summed E-state index contributed by atoms with van der Waals surface area (Å²) in [6.07, 6.45) is 2.56. The van der Waals surface area contributed by atoms with Crippen LogP contribution in [0, 0.1) is 11.3 Å². The zero-order valence-corrected chi connectivity index (χ0v) is 14.5. The highest BCUT2D eigenvalue weighted by Gasteiger charge is 2.67. The van der Waals surface area contributed by atoms with E-state index in [1.54, 1.807) is 6.21 Å². The minimum atomic E-state index is -1.16. The quantitative estimate of drug-likeness (QED) is 0.238. The maximum absolute atomic E-state index is 11.8. The SMILES string of the molecule is COC(=O)C1(C(=O)OC)C[C@@H]1CCO/N=C/c1ccc(Br)cc1. The van der Waals surface area contributed by atoms with Crippen LogP contribution in [0.3, 0.4) is 0 Å². The van der Waals surface area contributed by atoms with Crippen LogP contribution < -0.4 is 0 Å². The number of carbonyl (C=O) groups excluding carboxylic acids is 2. The van der Waals surface area contributed by atoms with Crippen LogP contribution in [-0.4, -0.2) is 39.0 Å². The van der Waals surface area contributed by atoms with Crippen LogP contribution in [0.2, 0.25) is 0 Å². The Bertz CT molecular complexity index is 583. The first-order chi connectivity index (χ1) is 11.0. The molecule has 0 aliphatic heterocycles. The maximum atomic E-state index is 11.8. The number of methoxy groups -OCH3 is 2. The Morgan fingerprint density at radius 3 is 2.43 bits per heavy atom. The number of halogens is 1. The third kappa shape index (κ3) is 3.90. The van der Waals surface area contributed by atoms with Crippen LogP contribution in [0.15, 0.2) is 33.9 Å². The molecule has 124 valence electrons. The highest BCUT2D eigenvalue weighted by atomic mass is 79.9. The molecule has 0 N–H and O–H groups in total. The number of ether oxygens (including phenoxy) is 2. The lowest BCUT2D eigenvalue weighted by Gasteiger charge is -2.11. The van der Waals surface area contributed by atoms with Crippen LogP contribution in [0.1, 0.15) is 18.4 Å². The summed E-state index contributed by atoms with van der Waals surface area (Å²) in [5.41, 5.74) is -0.250. The van der Waals surface area contributed by atoms with Crippen molar-refractivity contribution in [2.75, 3.05) is 20.8 Å². The molecule has 1 aliphatic rings. The van der Waals surface area contributed by atoms with Gasteiger partial charge in [0, 0.05) is 4.47 Å². The summed E-state index contributed by atoms with van der Waals surface area (Å²) in [4.78, 5) is 28.8. The van der Waals surface area contributed by atoms with Crippen LogP contribution in [0.25, 0.3) is 0 Å². The van der Waals surface area contributed by atoms with E-state index in [-0.39, 0.29) is 5.92 Å². The molecule has 0 amide bonds. The summed E-state index contributed by atoms with van der Waals surface area (Å²) >= 11 is 3.36. The molecule has 0 heterocycles. The molecule has 1 saturated carbocycles. The second kappa shape index (κ2) is 7.59. The van der Waals surface area contributed by atoms with E-state index < -0.39 is 17.4 Å². The fraction of sp³-hybridized carbons (Fsp3) is 0.438. The van der Waals surface area contributed by atoms with Crippen molar-refractivity contribution in [1.82, 2.24) is 0 Å². The van der Waals surface area contributed by atoms with Crippen LogP contribution in [0.4, 0.5) is 0 Å². The summed E-state index contributed by atoms with van der Waals surface area (Å²) in [6, 6.07) is 7.62. The van der Waals surface area contributed by atoms with Crippen LogP contribution in [0.5, 0.6) is 0 Å². The first kappa shape index (κ1) is 17.5. The van der Waals surface area contributed by atoms with E-state index in [4.69, 9.17) is 14.3 Å². The van der Waals surface area contributed by atoms with Gasteiger partial charge in [-0.3, -0.25) is 9.59 Å². The number of hydrogen-bond acceptors (Lipinski definition) is 6. The minimum Gasteiger partial charge on any atom is -0.468 e. The van der Waals surface area contributed by atoms with Crippen molar-refractivity contribution in [2.24, 2.45) is 16.5 Å². The molecule has 2 rings (SSSR count). The molecule has 6 nitrogen and oxygen atoms in total. The number of nitrogens with zero attached hydrogens (tertiary/aromatic N) is 1. The van der Waals surface area contributed by atoms with E-state index in [1.807, 2.05) is 24.3 Å². The van der Waals surface area contributed by atoms with E-state index in [9.17, 15) is 9.59 Å². The molecule has 1 atom stereocenters. The van der Waals surface area contributed by atoms with E-state index in [0.29, 0.717) is 19.4 Å². The first-order valence-corrected chi connectivity index (χ1v) is 7.91. The normalized spacial score (nSPS) is 18.5. The highest BCUT2D eigenvalue weighted by Crippen LogP contribution is 2.56. The van der Waals surface area contributed by atoms with Gasteiger partial charge in [-0.2, -0.15) is 0 Å². The minimum absolute atomic E-state index is 0.134. The predicted molar refractivity (Wildman–Crippen MR) is 86.9 cm³/mol. The third-order valence-electron chi connectivity index (χ3n) is 3.91. The molecule has 7 heteroatoms. The maximum Gasteiger partial charge on any atom is 0.323 e. The number of oxime groups is 1. The smallest absolute Gasteiger partial charge is 0.323 e. The van der Waals surface area contributed by atoms with Gasteiger partial charge in [-0.15, -0.1) is 0 Å². The zero-order valence-electron chi connectivity index (χ0n) is 13.0. The molecule has 0 unspecified atom stereocenters. The lowest BCUT2D eigenvalue weighted by atomic mass is 10.0. The molecule has 0 bridgehead atoms. The Balaban J connectivity index is 1.80. The van der Waals surface area contributed by atoms with Gasteiger partial charge in [-0.1, -0.05) is 33.2 Å². The van der Waals surface area contributed by atoms with E-state index in [1.165, 1.54) is 14.2 Å². The second-order valence-electron chi connectivity index (χ2n) is 5.26. The number of hydrogen-bond donors (Lipinski definition) is 0. The van der Waals surface area contributed by atoms with Crippen molar-refractivity contribution in [2.45, 2.75) is 12.8 Å². The zero-order chi connectivity index (χ0) is 16.9. The van der Waals surface area contributed by atoms with Gasteiger partial charge in [0.05, 0.1) is 20.4 Å². The van der Waals surface area contributed by atoms with Crippen molar-refractivity contribution in [3.63, 3.8) is 0 Å². The second-order valence-corrected chi connectivity index (χ2v) is 6.18. The molecule has 1 aliphatic carbocycles. The standard InChI is InChI=1S/C16H18BrNO5/c1-21-14(19)16(15(20)22-2)9-12(16)7-8-23-18-10-11-3-5-13(17)6-4-11/h3-6,10,12H,7-9H2,1-2H3/b18-10+/t12-/m0/s1. The van der Waals surface area contributed by atoms with Crippen molar-refractivity contribution < 1.29 is 23.9 Å². The molecule has 1 aromatic rings. The summed E-state index contributed by atoms with van der Waals surface area (Å²) in [5, 5.41) is 3.88. The van der Waals surface area contributed by atoms with Gasteiger partial charge in [0.25, 0.3) is 0 Å². The molecule has 1 aromatic carbocycles. The van der Waals surface area contributed by atoms with E-state index in [2.05, 4.69) is 21.1 Å². The molecule has 23 heavy (non-hydrogen) atoms. The van der Waals surface area contributed by atoms with Gasteiger partial charge < -0.3 is 14.3 Å². The number of benzene rings is 1. The van der Waals surface area contributed by atoms with Crippen molar-refractivity contribution in [3.05, 3.63) is 34.3 Å². The van der Waals surface area contributed by atoms with Crippen molar-refractivity contribution in [3.8, 4) is 0 Å². The largest absolute Gasteiger partial charge is 0.468 e. The first-order valence-electron chi connectivity index (χ1n) is 7.12. The Kier molecular flexibility index (Phi) is 5.76. The molecule has 0 saturated heterocycles. The van der Waals surface area contributed by atoms with Crippen molar-refractivity contribution >= 4 is 34.1 Å². The lowest BCUT2D eigenvalue weighted by Crippen LogP contribution is -2.30. The lowest BCUT2D eigenvalue weighted by molar-refractivity contribution is -0.162. The summed E-state index contributed by atoms with van der Waals surface area (Å²) in [7, 11) is 2.53. The molecule has 1 fully saturated rings. The molecular formula is C16H18BrNO5.